The molecular formula is C32H36O4Si. The molecule has 0 aliphatic heterocycles. The molecular weight excluding hydrogens is 476 g/mol. The van der Waals surface area contributed by atoms with Crippen LogP contribution in [0, 0.1) is 6.92 Å². The van der Waals surface area contributed by atoms with Crippen LogP contribution in [-0.2, 0) is 10.2 Å². The zero-order valence-electron chi connectivity index (χ0n) is 22.7. The molecule has 1 aliphatic rings. The number of benzene rings is 3. The van der Waals surface area contributed by atoms with Gasteiger partial charge >= 0.3 is 11.9 Å². The van der Waals surface area contributed by atoms with Crippen LogP contribution in [0.3, 0.4) is 0 Å². The van der Waals surface area contributed by atoms with E-state index in [1.165, 1.54) is 11.1 Å². The molecule has 0 atom stereocenters. The second-order valence-electron chi connectivity index (χ2n) is 11.7. The number of esters is 2. The molecule has 3 aromatic rings. The fourth-order valence-electron chi connectivity index (χ4n) is 4.43. The number of hydrogen-bond donors (Lipinski definition) is 0. The van der Waals surface area contributed by atoms with Crippen molar-refractivity contribution in [2.45, 2.75) is 58.3 Å². The summed E-state index contributed by atoms with van der Waals surface area (Å²) in [5, 5.41) is 0. The molecule has 0 aromatic heterocycles. The monoisotopic (exact) mass is 512 g/mol. The molecule has 192 valence electrons. The summed E-state index contributed by atoms with van der Waals surface area (Å²) in [6.07, 6.45) is 3.20. The molecule has 0 saturated carbocycles. The van der Waals surface area contributed by atoms with E-state index in [4.69, 9.17) is 9.47 Å². The molecule has 4 nitrogen and oxygen atoms in total. The van der Waals surface area contributed by atoms with Crippen molar-refractivity contribution >= 4 is 25.6 Å². The summed E-state index contributed by atoms with van der Waals surface area (Å²) in [5.41, 5.74) is 6.68. The zero-order valence-corrected chi connectivity index (χ0v) is 23.7. The van der Waals surface area contributed by atoms with Crippen molar-refractivity contribution in [2.75, 3.05) is 6.61 Å². The quantitative estimate of drug-likeness (QED) is 0.184. The SMILES string of the molecule is Cc1ccc(C2=CCC(C)(C)c3ccc(C(=O)Oc4ccc(C(=O)OCC[Si](C)(C)C)cc4)cc32)cc1. The van der Waals surface area contributed by atoms with Gasteiger partial charge in [-0.15, -0.1) is 0 Å². The van der Waals surface area contributed by atoms with Crippen LogP contribution in [0.1, 0.15) is 63.2 Å². The third-order valence-corrected chi connectivity index (χ3v) is 8.54. The number of ether oxygens (including phenoxy) is 2. The summed E-state index contributed by atoms with van der Waals surface area (Å²) in [7, 11) is -1.27. The maximum atomic E-state index is 13.1. The van der Waals surface area contributed by atoms with Crippen LogP contribution in [0.5, 0.6) is 5.75 Å². The first kappa shape index (κ1) is 26.6. The summed E-state index contributed by atoms with van der Waals surface area (Å²) in [6, 6.07) is 21.8. The number of aryl methyl sites for hydroxylation is 1. The summed E-state index contributed by atoms with van der Waals surface area (Å²) in [5.74, 6) is -0.403. The number of carbonyl (C=O) groups is 2. The summed E-state index contributed by atoms with van der Waals surface area (Å²) in [4.78, 5) is 25.4. The molecule has 0 unspecified atom stereocenters. The molecule has 4 rings (SSSR count). The van der Waals surface area contributed by atoms with Gasteiger partial charge in [-0.1, -0.05) is 75.5 Å². The molecule has 0 N–H and O–H groups in total. The molecule has 0 fully saturated rings. The van der Waals surface area contributed by atoms with E-state index in [2.05, 4.69) is 70.8 Å². The molecule has 0 saturated heterocycles. The van der Waals surface area contributed by atoms with Gasteiger partial charge in [0.1, 0.15) is 5.75 Å². The highest BCUT2D eigenvalue weighted by atomic mass is 28.3. The predicted molar refractivity (Wildman–Crippen MR) is 152 cm³/mol. The third kappa shape index (κ3) is 6.47. The van der Waals surface area contributed by atoms with E-state index in [0.717, 1.165) is 29.2 Å². The fourth-order valence-corrected chi connectivity index (χ4v) is 5.14. The van der Waals surface area contributed by atoms with E-state index in [9.17, 15) is 9.59 Å². The van der Waals surface area contributed by atoms with Crippen LogP contribution in [0.2, 0.25) is 25.7 Å². The molecule has 5 heteroatoms. The van der Waals surface area contributed by atoms with Gasteiger partial charge in [0, 0.05) is 8.07 Å². The first-order valence-electron chi connectivity index (χ1n) is 12.8. The molecule has 37 heavy (non-hydrogen) atoms. The minimum Gasteiger partial charge on any atom is -0.462 e. The van der Waals surface area contributed by atoms with E-state index in [1.54, 1.807) is 24.3 Å². The van der Waals surface area contributed by atoms with E-state index in [-0.39, 0.29) is 11.4 Å². The first-order chi connectivity index (χ1) is 17.4. The van der Waals surface area contributed by atoms with Gasteiger partial charge in [0.05, 0.1) is 17.7 Å². The van der Waals surface area contributed by atoms with E-state index in [0.29, 0.717) is 23.5 Å². The predicted octanol–water partition coefficient (Wildman–Crippen LogP) is 7.82. The van der Waals surface area contributed by atoms with Crippen molar-refractivity contribution < 1.29 is 19.1 Å². The lowest BCUT2D eigenvalue weighted by Crippen LogP contribution is -2.23. The van der Waals surface area contributed by atoms with Crippen LogP contribution in [0.15, 0.2) is 72.8 Å². The molecule has 0 amide bonds. The van der Waals surface area contributed by atoms with Gasteiger partial charge in [-0.2, -0.15) is 0 Å². The topological polar surface area (TPSA) is 52.6 Å². The van der Waals surface area contributed by atoms with Crippen LogP contribution < -0.4 is 4.74 Å². The second kappa shape index (κ2) is 10.5. The number of carbonyl (C=O) groups excluding carboxylic acids is 2. The molecule has 0 heterocycles. The van der Waals surface area contributed by atoms with Crippen molar-refractivity contribution in [3.63, 3.8) is 0 Å². The largest absolute Gasteiger partial charge is 0.462 e. The molecule has 0 spiro atoms. The number of rotatable bonds is 7. The Morgan fingerprint density at radius 2 is 1.51 bits per heavy atom. The van der Waals surface area contributed by atoms with Gasteiger partial charge in [-0.05, 0) is 83.5 Å². The van der Waals surface area contributed by atoms with Gasteiger partial charge < -0.3 is 9.47 Å². The number of hydrogen-bond acceptors (Lipinski definition) is 4. The minimum atomic E-state index is -1.27. The van der Waals surface area contributed by atoms with Gasteiger partial charge in [-0.25, -0.2) is 9.59 Å². The van der Waals surface area contributed by atoms with Crippen LogP contribution >= 0.6 is 0 Å². The summed E-state index contributed by atoms with van der Waals surface area (Å²) in [6.45, 7) is 13.7. The highest BCUT2D eigenvalue weighted by Crippen LogP contribution is 2.41. The van der Waals surface area contributed by atoms with Gasteiger partial charge in [0.2, 0.25) is 0 Å². The molecule has 1 aliphatic carbocycles. The van der Waals surface area contributed by atoms with Crippen molar-refractivity contribution in [2.24, 2.45) is 0 Å². The summed E-state index contributed by atoms with van der Waals surface area (Å²) >= 11 is 0. The fraction of sp³-hybridized carbons (Fsp3) is 0.312. The van der Waals surface area contributed by atoms with Crippen molar-refractivity contribution in [1.82, 2.24) is 0 Å². The summed E-state index contributed by atoms with van der Waals surface area (Å²) < 4.78 is 11.1. The highest BCUT2D eigenvalue weighted by Gasteiger charge is 2.29. The van der Waals surface area contributed by atoms with Crippen molar-refractivity contribution in [1.29, 1.82) is 0 Å². The Labute approximate surface area is 221 Å². The van der Waals surface area contributed by atoms with Crippen molar-refractivity contribution in [3.8, 4) is 5.75 Å². The Morgan fingerprint density at radius 1 is 0.865 bits per heavy atom. The molecule has 0 bridgehead atoms. The Hall–Kier alpha value is -3.44. The van der Waals surface area contributed by atoms with Crippen LogP contribution in [0.25, 0.3) is 5.57 Å². The standard InChI is InChI=1S/C32H36O4Si/c1-22-7-9-23(10-8-22)27-17-18-32(2,3)29-16-13-25(21-28(27)29)31(34)36-26-14-11-24(12-15-26)30(33)35-19-20-37(4,5)6/h7-17,21H,18-20H2,1-6H3. The number of fused-ring (bicyclic) bond motifs is 1. The number of allylic oxidation sites excluding steroid dienone is 1. The van der Waals surface area contributed by atoms with Crippen molar-refractivity contribution in [3.05, 3.63) is 106 Å². The van der Waals surface area contributed by atoms with E-state index >= 15 is 0 Å². The van der Waals surface area contributed by atoms with Gasteiger partial charge in [0.15, 0.2) is 0 Å². The maximum Gasteiger partial charge on any atom is 0.343 e. The Balaban J connectivity index is 1.50. The average Bonchev–Trinajstić information content (AvgIpc) is 2.84. The lowest BCUT2D eigenvalue weighted by Gasteiger charge is -2.32. The first-order valence-corrected chi connectivity index (χ1v) is 16.6. The van der Waals surface area contributed by atoms with Crippen LogP contribution in [0.4, 0.5) is 0 Å². The third-order valence-electron chi connectivity index (χ3n) is 6.84. The Bertz CT molecular complexity index is 1330. The van der Waals surface area contributed by atoms with Gasteiger partial charge in [0.25, 0.3) is 0 Å². The highest BCUT2D eigenvalue weighted by molar-refractivity contribution is 6.76. The second-order valence-corrected chi connectivity index (χ2v) is 17.3. The Morgan fingerprint density at radius 3 is 2.16 bits per heavy atom. The van der Waals surface area contributed by atoms with E-state index in [1.807, 2.05) is 18.2 Å². The zero-order chi connectivity index (χ0) is 26.8. The average molecular weight is 513 g/mol. The normalized spacial score (nSPS) is 14.4. The Kier molecular flexibility index (Phi) is 7.56. The lowest BCUT2D eigenvalue weighted by molar-refractivity contribution is 0.0525. The van der Waals surface area contributed by atoms with E-state index < -0.39 is 14.0 Å². The van der Waals surface area contributed by atoms with Gasteiger partial charge in [-0.3, -0.25) is 0 Å². The lowest BCUT2D eigenvalue weighted by atomic mass is 9.72. The van der Waals surface area contributed by atoms with Crippen LogP contribution in [-0.4, -0.2) is 26.6 Å². The maximum absolute atomic E-state index is 13.1. The minimum absolute atomic E-state index is 0.0223. The molecule has 0 radical (unpaired) electrons. The smallest absolute Gasteiger partial charge is 0.343 e. The molecule has 3 aromatic carbocycles.